The quantitative estimate of drug-likeness (QED) is 0.794. The fourth-order valence-corrected chi connectivity index (χ4v) is 3.40. The lowest BCUT2D eigenvalue weighted by Gasteiger charge is -2.21. The third kappa shape index (κ3) is 2.75. The molecule has 0 aromatic carbocycles. The van der Waals surface area contributed by atoms with Crippen LogP contribution in [0, 0.1) is 11.8 Å². The van der Waals surface area contributed by atoms with Crippen molar-refractivity contribution in [2.75, 3.05) is 26.2 Å². The molecule has 3 fully saturated rings. The number of urea groups is 1. The summed E-state index contributed by atoms with van der Waals surface area (Å²) in [6.07, 6.45) is 3.60. The van der Waals surface area contributed by atoms with E-state index in [9.17, 15) is 9.59 Å². The highest BCUT2D eigenvalue weighted by Gasteiger charge is 2.39. The van der Waals surface area contributed by atoms with Crippen molar-refractivity contribution in [3.8, 4) is 0 Å². The molecule has 3 rings (SSSR count). The molecule has 2 saturated heterocycles. The van der Waals surface area contributed by atoms with Crippen LogP contribution in [0.4, 0.5) is 4.79 Å². The Hall–Kier alpha value is -1.30. The third-order valence-corrected chi connectivity index (χ3v) is 4.83. The standard InChI is InChI=1S/C14H23N3O3/c1-9-6-17(8-12(9)13(18)19)14(20)15-10-4-5-16(7-10)11-2-3-11/h9-12H,2-8H2,1H3,(H,15,20)(H,18,19)/t9-,10?,12-/m1/s1. The Kier molecular flexibility index (Phi) is 3.58. The maximum Gasteiger partial charge on any atom is 0.317 e. The number of hydrogen-bond donors (Lipinski definition) is 2. The molecule has 1 unspecified atom stereocenters. The first-order valence-corrected chi connectivity index (χ1v) is 7.57. The van der Waals surface area contributed by atoms with E-state index in [0.29, 0.717) is 13.1 Å². The average molecular weight is 281 g/mol. The van der Waals surface area contributed by atoms with Crippen molar-refractivity contribution in [2.24, 2.45) is 11.8 Å². The van der Waals surface area contributed by atoms with Gasteiger partial charge in [-0.05, 0) is 25.2 Å². The lowest BCUT2D eigenvalue weighted by atomic mass is 9.99. The predicted molar refractivity (Wildman–Crippen MR) is 73.4 cm³/mol. The van der Waals surface area contributed by atoms with Gasteiger partial charge in [0.2, 0.25) is 0 Å². The van der Waals surface area contributed by atoms with E-state index in [-0.39, 0.29) is 18.0 Å². The molecule has 0 bridgehead atoms. The van der Waals surface area contributed by atoms with E-state index in [1.807, 2.05) is 6.92 Å². The number of carbonyl (C=O) groups is 2. The number of carboxylic acids is 1. The van der Waals surface area contributed by atoms with Crippen LogP contribution in [0.3, 0.4) is 0 Å². The van der Waals surface area contributed by atoms with Gasteiger partial charge in [0.05, 0.1) is 5.92 Å². The molecule has 0 spiro atoms. The minimum absolute atomic E-state index is 0.0322. The van der Waals surface area contributed by atoms with Gasteiger partial charge in [0.25, 0.3) is 0 Å². The van der Waals surface area contributed by atoms with Crippen molar-refractivity contribution in [2.45, 2.75) is 38.3 Å². The van der Waals surface area contributed by atoms with Gasteiger partial charge in [-0.3, -0.25) is 9.69 Å². The van der Waals surface area contributed by atoms with Crippen molar-refractivity contribution in [3.63, 3.8) is 0 Å². The normalized spacial score (nSPS) is 34.5. The summed E-state index contributed by atoms with van der Waals surface area (Å²) in [4.78, 5) is 27.4. The number of nitrogens with zero attached hydrogens (tertiary/aromatic N) is 2. The number of rotatable bonds is 3. The Morgan fingerprint density at radius 2 is 1.90 bits per heavy atom. The van der Waals surface area contributed by atoms with Crippen LogP contribution in [0.2, 0.25) is 0 Å². The third-order valence-electron chi connectivity index (χ3n) is 4.83. The summed E-state index contributed by atoms with van der Waals surface area (Å²) in [5.74, 6) is -1.19. The molecule has 2 amide bonds. The molecule has 0 aromatic rings. The molecule has 3 atom stereocenters. The summed E-state index contributed by atoms with van der Waals surface area (Å²) in [5.41, 5.74) is 0. The fraction of sp³-hybridized carbons (Fsp3) is 0.857. The summed E-state index contributed by atoms with van der Waals surface area (Å²) in [7, 11) is 0. The van der Waals surface area contributed by atoms with Crippen LogP contribution in [-0.2, 0) is 4.79 Å². The van der Waals surface area contributed by atoms with Gasteiger partial charge in [-0.15, -0.1) is 0 Å². The van der Waals surface area contributed by atoms with Crippen molar-refractivity contribution in [1.29, 1.82) is 0 Å². The van der Waals surface area contributed by atoms with E-state index < -0.39 is 11.9 Å². The second-order valence-electron chi connectivity index (χ2n) is 6.49. The fourth-order valence-electron chi connectivity index (χ4n) is 3.40. The molecule has 1 saturated carbocycles. The Morgan fingerprint density at radius 1 is 1.15 bits per heavy atom. The Morgan fingerprint density at radius 3 is 2.50 bits per heavy atom. The van der Waals surface area contributed by atoms with Crippen LogP contribution in [-0.4, -0.2) is 65.2 Å². The van der Waals surface area contributed by atoms with E-state index >= 15 is 0 Å². The number of aliphatic carboxylic acids is 1. The van der Waals surface area contributed by atoms with Gasteiger partial charge in [-0.25, -0.2) is 4.79 Å². The zero-order valence-corrected chi connectivity index (χ0v) is 11.9. The Balaban J connectivity index is 1.49. The maximum absolute atomic E-state index is 12.2. The summed E-state index contributed by atoms with van der Waals surface area (Å²) < 4.78 is 0. The summed E-state index contributed by atoms with van der Waals surface area (Å²) >= 11 is 0. The molecule has 3 aliphatic rings. The molecule has 2 heterocycles. The zero-order valence-electron chi connectivity index (χ0n) is 11.9. The lowest BCUT2D eigenvalue weighted by molar-refractivity contribution is -0.142. The van der Waals surface area contributed by atoms with E-state index in [1.165, 1.54) is 12.8 Å². The molecule has 6 nitrogen and oxygen atoms in total. The van der Waals surface area contributed by atoms with E-state index in [2.05, 4.69) is 10.2 Å². The first kappa shape index (κ1) is 13.7. The number of carboxylic acid groups (broad SMARTS) is 1. The smallest absolute Gasteiger partial charge is 0.317 e. The SMILES string of the molecule is C[C@@H]1CN(C(=O)NC2CCN(C3CC3)C2)C[C@H]1C(=O)O. The topological polar surface area (TPSA) is 72.9 Å². The molecule has 112 valence electrons. The molecule has 2 aliphatic heterocycles. The Labute approximate surface area is 119 Å². The van der Waals surface area contributed by atoms with Gasteiger partial charge in [-0.2, -0.15) is 0 Å². The minimum Gasteiger partial charge on any atom is -0.481 e. The summed E-state index contributed by atoms with van der Waals surface area (Å²) in [6, 6.07) is 0.880. The van der Waals surface area contributed by atoms with Crippen LogP contribution in [0.25, 0.3) is 0 Å². The highest BCUT2D eigenvalue weighted by Crippen LogP contribution is 2.30. The van der Waals surface area contributed by atoms with Crippen molar-refractivity contribution < 1.29 is 14.7 Å². The van der Waals surface area contributed by atoms with Crippen LogP contribution in [0.1, 0.15) is 26.2 Å². The van der Waals surface area contributed by atoms with Crippen LogP contribution >= 0.6 is 0 Å². The van der Waals surface area contributed by atoms with Crippen LogP contribution in [0.5, 0.6) is 0 Å². The number of amides is 2. The van der Waals surface area contributed by atoms with Crippen molar-refractivity contribution in [3.05, 3.63) is 0 Å². The van der Waals surface area contributed by atoms with Gasteiger partial charge in [-0.1, -0.05) is 6.92 Å². The van der Waals surface area contributed by atoms with Crippen molar-refractivity contribution in [1.82, 2.24) is 15.1 Å². The predicted octanol–water partition coefficient (Wildman–Crippen LogP) is 0.585. The number of hydrogen-bond acceptors (Lipinski definition) is 3. The summed E-state index contributed by atoms with van der Waals surface area (Å²) in [6.45, 7) is 4.80. The van der Waals surface area contributed by atoms with E-state index in [4.69, 9.17) is 5.11 Å². The number of carbonyl (C=O) groups excluding carboxylic acids is 1. The van der Waals surface area contributed by atoms with Crippen LogP contribution in [0.15, 0.2) is 0 Å². The van der Waals surface area contributed by atoms with E-state index in [1.54, 1.807) is 4.90 Å². The van der Waals surface area contributed by atoms with Crippen molar-refractivity contribution >= 4 is 12.0 Å². The molecule has 2 N–H and O–H groups in total. The number of likely N-dealkylation sites (tertiary alicyclic amines) is 2. The van der Waals surface area contributed by atoms with Gasteiger partial charge in [0.1, 0.15) is 0 Å². The zero-order chi connectivity index (χ0) is 14.3. The van der Waals surface area contributed by atoms with Gasteiger partial charge >= 0.3 is 12.0 Å². The molecule has 0 aromatic heterocycles. The molecular formula is C14H23N3O3. The van der Waals surface area contributed by atoms with Crippen LogP contribution < -0.4 is 5.32 Å². The van der Waals surface area contributed by atoms with Gasteiger partial charge in [0, 0.05) is 38.3 Å². The largest absolute Gasteiger partial charge is 0.481 e. The molecule has 1 aliphatic carbocycles. The molecule has 6 heteroatoms. The Bertz CT molecular complexity index is 410. The highest BCUT2D eigenvalue weighted by molar-refractivity contribution is 5.77. The summed E-state index contributed by atoms with van der Waals surface area (Å²) in [5, 5.41) is 12.2. The first-order chi connectivity index (χ1) is 9.54. The van der Waals surface area contributed by atoms with Gasteiger partial charge in [0.15, 0.2) is 0 Å². The van der Waals surface area contributed by atoms with Gasteiger partial charge < -0.3 is 15.3 Å². The maximum atomic E-state index is 12.2. The monoisotopic (exact) mass is 281 g/mol. The lowest BCUT2D eigenvalue weighted by Crippen LogP contribution is -2.45. The second-order valence-corrected chi connectivity index (χ2v) is 6.49. The molecule has 0 radical (unpaired) electrons. The van der Waals surface area contributed by atoms with E-state index in [0.717, 1.165) is 25.6 Å². The second kappa shape index (κ2) is 5.24. The molecule has 20 heavy (non-hydrogen) atoms. The highest BCUT2D eigenvalue weighted by atomic mass is 16.4. The first-order valence-electron chi connectivity index (χ1n) is 7.57. The average Bonchev–Trinajstić information content (AvgIpc) is 3.01. The molecular weight excluding hydrogens is 258 g/mol. The minimum atomic E-state index is -0.798. The number of nitrogens with one attached hydrogen (secondary N) is 1.